The normalized spacial score (nSPS) is 22.8. The first-order valence-corrected chi connectivity index (χ1v) is 3.90. The lowest BCUT2D eigenvalue weighted by atomic mass is 9.99. The summed E-state index contributed by atoms with van der Waals surface area (Å²) in [5.74, 6) is 0. The number of hydrogen-bond acceptors (Lipinski definition) is 1. The summed E-state index contributed by atoms with van der Waals surface area (Å²) in [4.78, 5) is 0. The van der Waals surface area contributed by atoms with Gasteiger partial charge in [0.05, 0.1) is 12.7 Å². The van der Waals surface area contributed by atoms with Crippen LogP contribution in [0.5, 0.6) is 0 Å². The second kappa shape index (κ2) is 2.67. The summed E-state index contributed by atoms with van der Waals surface area (Å²) < 4.78 is 5.39. The van der Waals surface area contributed by atoms with E-state index in [4.69, 9.17) is 4.74 Å². The fourth-order valence-corrected chi connectivity index (χ4v) is 1.48. The number of benzene rings is 1. The van der Waals surface area contributed by atoms with Crippen LogP contribution in [0.3, 0.4) is 0 Å². The highest BCUT2D eigenvalue weighted by Crippen LogP contribution is 2.25. The fraction of sp³-hybridized carbons (Fsp3) is 0.300. The molecule has 0 fully saturated rings. The van der Waals surface area contributed by atoms with E-state index in [9.17, 15) is 0 Å². The minimum absolute atomic E-state index is 0.0416. The van der Waals surface area contributed by atoms with E-state index in [-0.39, 0.29) is 6.10 Å². The monoisotopic (exact) mass is 147 g/mol. The highest BCUT2D eigenvalue weighted by Gasteiger charge is 2.14. The van der Waals surface area contributed by atoms with Crippen LogP contribution in [0.25, 0.3) is 0 Å². The van der Waals surface area contributed by atoms with E-state index in [2.05, 4.69) is 25.1 Å². The van der Waals surface area contributed by atoms with Crippen LogP contribution in [0.2, 0.25) is 0 Å². The maximum atomic E-state index is 5.39. The highest BCUT2D eigenvalue weighted by molar-refractivity contribution is 5.31. The molecule has 0 saturated heterocycles. The first-order chi connectivity index (χ1) is 5.38. The molecule has 1 radical (unpaired) electrons. The largest absolute Gasteiger partial charge is 0.373 e. The van der Waals surface area contributed by atoms with Gasteiger partial charge in [-0.25, -0.2) is 0 Å². The molecule has 1 aliphatic rings. The number of rotatable bonds is 0. The summed E-state index contributed by atoms with van der Waals surface area (Å²) in [6.45, 7) is 4.73. The molecule has 0 aliphatic carbocycles. The Morgan fingerprint density at radius 2 is 2.18 bits per heavy atom. The summed E-state index contributed by atoms with van der Waals surface area (Å²) in [5, 5.41) is 0. The van der Waals surface area contributed by atoms with Crippen molar-refractivity contribution in [3.8, 4) is 0 Å². The minimum Gasteiger partial charge on any atom is -0.373 e. The zero-order valence-electron chi connectivity index (χ0n) is 6.42. The Morgan fingerprint density at radius 3 is 3.00 bits per heavy atom. The van der Waals surface area contributed by atoms with E-state index in [1.54, 1.807) is 0 Å². The number of ether oxygens (including phenoxy) is 1. The molecular weight excluding hydrogens is 136 g/mol. The van der Waals surface area contributed by atoms with E-state index in [0.717, 1.165) is 13.0 Å². The maximum absolute atomic E-state index is 5.39. The van der Waals surface area contributed by atoms with E-state index >= 15 is 0 Å². The Bertz CT molecular complexity index is 255. The van der Waals surface area contributed by atoms with Gasteiger partial charge in [-0.1, -0.05) is 24.3 Å². The smallest absolute Gasteiger partial charge is 0.0828 e. The van der Waals surface area contributed by atoms with Gasteiger partial charge in [0, 0.05) is 0 Å². The van der Waals surface area contributed by atoms with E-state index in [1.807, 2.05) is 6.07 Å². The fourth-order valence-electron chi connectivity index (χ4n) is 1.48. The van der Waals surface area contributed by atoms with Gasteiger partial charge in [-0.3, -0.25) is 0 Å². The van der Waals surface area contributed by atoms with Crippen molar-refractivity contribution in [1.29, 1.82) is 0 Å². The van der Waals surface area contributed by atoms with Crippen LogP contribution in [0.15, 0.2) is 24.3 Å². The van der Waals surface area contributed by atoms with E-state index < -0.39 is 0 Å². The van der Waals surface area contributed by atoms with Gasteiger partial charge in [0.15, 0.2) is 0 Å². The van der Waals surface area contributed by atoms with Gasteiger partial charge in [0.2, 0.25) is 0 Å². The predicted molar refractivity (Wildman–Crippen MR) is 44.2 cm³/mol. The van der Waals surface area contributed by atoms with Crippen LogP contribution in [0.4, 0.5) is 0 Å². The molecule has 1 aromatic carbocycles. The molecule has 11 heavy (non-hydrogen) atoms. The van der Waals surface area contributed by atoms with Crippen molar-refractivity contribution in [3.05, 3.63) is 42.3 Å². The zero-order chi connectivity index (χ0) is 7.68. The van der Waals surface area contributed by atoms with Crippen molar-refractivity contribution >= 4 is 0 Å². The summed E-state index contributed by atoms with van der Waals surface area (Å²) in [7, 11) is 0. The van der Waals surface area contributed by atoms with Crippen molar-refractivity contribution in [2.24, 2.45) is 0 Å². The molecule has 0 bridgehead atoms. The maximum Gasteiger partial charge on any atom is 0.0828 e. The van der Waals surface area contributed by atoms with Crippen LogP contribution < -0.4 is 0 Å². The molecule has 1 atom stereocenters. The van der Waals surface area contributed by atoms with Crippen molar-refractivity contribution in [3.63, 3.8) is 0 Å². The lowest BCUT2D eigenvalue weighted by Crippen LogP contribution is -2.13. The van der Waals surface area contributed by atoms with Crippen molar-refractivity contribution < 1.29 is 4.74 Å². The van der Waals surface area contributed by atoms with E-state index in [1.165, 1.54) is 11.1 Å². The third kappa shape index (κ3) is 1.16. The Morgan fingerprint density at radius 1 is 1.36 bits per heavy atom. The van der Waals surface area contributed by atoms with Gasteiger partial charge < -0.3 is 4.74 Å². The lowest BCUT2D eigenvalue weighted by molar-refractivity contribution is 0.0731. The topological polar surface area (TPSA) is 9.23 Å². The highest BCUT2D eigenvalue weighted by atomic mass is 16.5. The predicted octanol–water partition coefficient (Wildman–Crippen LogP) is 2.13. The van der Waals surface area contributed by atoms with Crippen LogP contribution in [0.1, 0.15) is 17.2 Å². The van der Waals surface area contributed by atoms with Gasteiger partial charge >= 0.3 is 0 Å². The lowest BCUT2D eigenvalue weighted by Gasteiger charge is -2.22. The van der Waals surface area contributed by atoms with Gasteiger partial charge in [0.1, 0.15) is 0 Å². The zero-order valence-corrected chi connectivity index (χ0v) is 6.42. The van der Waals surface area contributed by atoms with Crippen LogP contribution >= 0.6 is 0 Å². The Labute approximate surface area is 67.0 Å². The quantitative estimate of drug-likeness (QED) is 0.546. The molecule has 0 amide bonds. The van der Waals surface area contributed by atoms with Crippen LogP contribution in [-0.4, -0.2) is 6.61 Å². The van der Waals surface area contributed by atoms with Gasteiger partial charge in [-0.15, -0.1) is 0 Å². The standard InChI is InChI=1S/C10H11O/c1-8-10-5-3-2-4-9(10)6-7-11-8/h2-5,8H,1,6-7H2. The summed E-state index contributed by atoms with van der Waals surface area (Å²) >= 11 is 0. The van der Waals surface area contributed by atoms with Crippen molar-refractivity contribution in [2.45, 2.75) is 12.5 Å². The molecule has 0 N–H and O–H groups in total. The number of fused-ring (bicyclic) bond motifs is 1. The van der Waals surface area contributed by atoms with Crippen molar-refractivity contribution in [1.82, 2.24) is 0 Å². The molecule has 1 nitrogen and oxygen atoms in total. The Balaban J connectivity index is 2.44. The summed E-state index contributed by atoms with van der Waals surface area (Å²) in [5.41, 5.74) is 2.64. The first-order valence-electron chi connectivity index (χ1n) is 3.90. The third-order valence-corrected chi connectivity index (χ3v) is 2.09. The van der Waals surface area contributed by atoms with E-state index in [0.29, 0.717) is 0 Å². The Hall–Kier alpha value is -0.820. The minimum atomic E-state index is 0.0416. The molecule has 1 unspecified atom stereocenters. The van der Waals surface area contributed by atoms with Crippen LogP contribution in [-0.2, 0) is 11.2 Å². The molecule has 1 heterocycles. The second-order valence-corrected chi connectivity index (χ2v) is 2.81. The summed E-state index contributed by atoms with van der Waals surface area (Å²) in [6, 6.07) is 8.34. The Kier molecular flexibility index (Phi) is 1.66. The molecule has 2 rings (SSSR count). The van der Waals surface area contributed by atoms with Crippen molar-refractivity contribution in [2.75, 3.05) is 6.61 Å². The molecule has 1 aromatic rings. The van der Waals surface area contributed by atoms with Gasteiger partial charge in [-0.05, 0) is 24.5 Å². The molecule has 1 aliphatic heterocycles. The molecule has 0 saturated carbocycles. The number of hydrogen-bond donors (Lipinski definition) is 0. The third-order valence-electron chi connectivity index (χ3n) is 2.09. The molecule has 0 spiro atoms. The average molecular weight is 147 g/mol. The molecule has 1 heteroatoms. The summed E-state index contributed by atoms with van der Waals surface area (Å²) in [6.07, 6.45) is 1.07. The first kappa shape index (κ1) is 6.86. The average Bonchev–Trinajstić information content (AvgIpc) is 2.06. The van der Waals surface area contributed by atoms with Gasteiger partial charge in [0.25, 0.3) is 0 Å². The van der Waals surface area contributed by atoms with Crippen LogP contribution in [0, 0.1) is 6.92 Å². The molecule has 57 valence electrons. The SMILES string of the molecule is [CH2]C1OCCc2ccccc21. The molecule has 0 aromatic heterocycles. The second-order valence-electron chi connectivity index (χ2n) is 2.81. The van der Waals surface area contributed by atoms with Gasteiger partial charge in [-0.2, -0.15) is 0 Å². The molecular formula is C10H11O.